The molecule has 0 N–H and O–H groups in total. The second-order valence-corrected chi connectivity index (χ2v) is 5.13. The first-order chi connectivity index (χ1) is 7.66. The van der Waals surface area contributed by atoms with Crippen LogP contribution in [0, 0.1) is 0 Å². The lowest BCUT2D eigenvalue weighted by Crippen LogP contribution is -2.16. The van der Waals surface area contributed by atoms with E-state index in [9.17, 15) is 4.79 Å². The molecule has 0 aliphatic heterocycles. The van der Waals surface area contributed by atoms with E-state index in [1.54, 1.807) is 24.5 Å². The predicted octanol–water partition coefficient (Wildman–Crippen LogP) is 2.44. The van der Waals surface area contributed by atoms with Crippen LogP contribution in [0.2, 0.25) is 0 Å². The quantitative estimate of drug-likeness (QED) is 0.785. The Morgan fingerprint density at radius 1 is 1.50 bits per heavy atom. The fourth-order valence-electron chi connectivity index (χ4n) is 1.23. The molecule has 0 saturated heterocycles. The molecule has 2 aromatic rings. The van der Waals surface area contributed by atoms with Gasteiger partial charge < -0.3 is 4.90 Å². The molecule has 0 aliphatic rings. The van der Waals surface area contributed by atoms with Crippen LogP contribution in [0.4, 0.5) is 5.13 Å². The molecular formula is C10H11N3OS2. The Morgan fingerprint density at radius 2 is 2.31 bits per heavy atom. The number of aromatic nitrogens is 2. The van der Waals surface area contributed by atoms with Crippen LogP contribution in [0.1, 0.15) is 22.3 Å². The van der Waals surface area contributed by atoms with Gasteiger partial charge in [-0.1, -0.05) is 11.3 Å². The van der Waals surface area contributed by atoms with Gasteiger partial charge in [0, 0.05) is 19.4 Å². The largest absolute Gasteiger partial charge is 0.345 e. The normalized spacial score (nSPS) is 10.4. The van der Waals surface area contributed by atoms with Crippen LogP contribution in [-0.2, 0) is 6.54 Å². The minimum atomic E-state index is 0.0609. The third kappa shape index (κ3) is 2.45. The van der Waals surface area contributed by atoms with E-state index >= 15 is 0 Å². The van der Waals surface area contributed by atoms with Crippen molar-refractivity contribution >= 4 is 33.6 Å². The molecule has 2 aromatic heterocycles. The van der Waals surface area contributed by atoms with Crippen molar-refractivity contribution in [3.8, 4) is 0 Å². The van der Waals surface area contributed by atoms with Crippen molar-refractivity contribution in [1.29, 1.82) is 0 Å². The lowest BCUT2D eigenvalue weighted by atomic mass is 10.4. The highest BCUT2D eigenvalue weighted by Crippen LogP contribution is 2.23. The molecule has 0 unspecified atom stereocenters. The summed E-state index contributed by atoms with van der Waals surface area (Å²) >= 11 is 2.99. The number of carbonyl (C=O) groups excluding carboxylic acids is 1. The number of thiazole rings is 2. The van der Waals surface area contributed by atoms with Crippen LogP contribution >= 0.6 is 22.7 Å². The van der Waals surface area contributed by atoms with Crippen LogP contribution in [0.3, 0.4) is 0 Å². The third-order valence-electron chi connectivity index (χ3n) is 2.05. The summed E-state index contributed by atoms with van der Waals surface area (Å²) in [7, 11) is 1.95. The molecule has 4 nitrogen and oxygen atoms in total. The zero-order valence-electron chi connectivity index (χ0n) is 9.01. The zero-order chi connectivity index (χ0) is 11.5. The molecule has 0 fully saturated rings. The molecule has 6 heteroatoms. The molecule has 0 aromatic carbocycles. The molecule has 2 heterocycles. The van der Waals surface area contributed by atoms with Crippen molar-refractivity contribution in [2.75, 3.05) is 11.9 Å². The summed E-state index contributed by atoms with van der Waals surface area (Å²) in [6, 6.07) is 0. The van der Waals surface area contributed by atoms with Crippen molar-refractivity contribution in [2.24, 2.45) is 0 Å². The molecule has 0 saturated carbocycles. The Labute approximate surface area is 102 Å². The van der Waals surface area contributed by atoms with Gasteiger partial charge in [0.25, 0.3) is 0 Å². The summed E-state index contributed by atoms with van der Waals surface area (Å²) in [6.45, 7) is 2.27. The van der Waals surface area contributed by atoms with Crippen LogP contribution in [-0.4, -0.2) is 22.8 Å². The number of ketones is 1. The standard InChI is InChI=1S/C10H11N3OS2/c1-7(14)9-3-11-10(16-9)13(2)4-8-5-15-6-12-8/h3,5-6H,4H2,1-2H3. The number of hydrogen-bond donors (Lipinski definition) is 0. The van der Waals surface area contributed by atoms with Gasteiger partial charge in [-0.3, -0.25) is 4.79 Å². The van der Waals surface area contributed by atoms with Gasteiger partial charge in [0.1, 0.15) is 0 Å². The van der Waals surface area contributed by atoms with Gasteiger partial charge in [-0.05, 0) is 0 Å². The number of carbonyl (C=O) groups is 1. The Balaban J connectivity index is 2.08. The molecule has 0 atom stereocenters. The monoisotopic (exact) mass is 253 g/mol. The molecule has 0 amide bonds. The van der Waals surface area contributed by atoms with Crippen molar-refractivity contribution < 1.29 is 4.79 Å². The average molecular weight is 253 g/mol. The molecule has 0 aliphatic carbocycles. The van der Waals surface area contributed by atoms with Crippen molar-refractivity contribution in [3.05, 3.63) is 27.7 Å². The van der Waals surface area contributed by atoms with Gasteiger partial charge in [0.05, 0.1) is 28.8 Å². The van der Waals surface area contributed by atoms with E-state index in [1.165, 1.54) is 11.3 Å². The SMILES string of the molecule is CC(=O)c1cnc(N(C)Cc2cscn2)s1. The first-order valence-electron chi connectivity index (χ1n) is 4.72. The topological polar surface area (TPSA) is 46.1 Å². The molecule has 16 heavy (non-hydrogen) atoms. The first-order valence-corrected chi connectivity index (χ1v) is 6.47. The first kappa shape index (κ1) is 11.2. The summed E-state index contributed by atoms with van der Waals surface area (Å²) in [5, 5.41) is 2.86. The Bertz CT molecular complexity index is 478. The number of rotatable bonds is 4. The summed E-state index contributed by atoms with van der Waals surface area (Å²) in [5.74, 6) is 0.0609. The van der Waals surface area contributed by atoms with E-state index < -0.39 is 0 Å². The molecule has 0 spiro atoms. The number of nitrogens with zero attached hydrogens (tertiary/aromatic N) is 3. The van der Waals surface area contributed by atoms with E-state index in [4.69, 9.17) is 0 Å². The van der Waals surface area contributed by atoms with E-state index in [0.717, 1.165) is 10.8 Å². The highest BCUT2D eigenvalue weighted by Gasteiger charge is 2.10. The van der Waals surface area contributed by atoms with Gasteiger partial charge in [-0.2, -0.15) is 0 Å². The fourth-order valence-corrected chi connectivity index (χ4v) is 2.55. The van der Waals surface area contributed by atoms with Gasteiger partial charge in [0.15, 0.2) is 10.9 Å². The van der Waals surface area contributed by atoms with Gasteiger partial charge in [-0.15, -0.1) is 11.3 Å². The lowest BCUT2D eigenvalue weighted by molar-refractivity contribution is 0.102. The fraction of sp³-hybridized carbons (Fsp3) is 0.300. The minimum Gasteiger partial charge on any atom is -0.345 e. The summed E-state index contributed by atoms with van der Waals surface area (Å²) in [4.78, 5) is 22.3. The second-order valence-electron chi connectivity index (χ2n) is 3.40. The Kier molecular flexibility index (Phi) is 3.31. The van der Waals surface area contributed by atoms with Gasteiger partial charge in [-0.25, -0.2) is 9.97 Å². The van der Waals surface area contributed by atoms with Crippen LogP contribution in [0.15, 0.2) is 17.1 Å². The minimum absolute atomic E-state index is 0.0609. The van der Waals surface area contributed by atoms with Crippen LogP contribution < -0.4 is 4.90 Å². The highest BCUT2D eigenvalue weighted by atomic mass is 32.1. The van der Waals surface area contributed by atoms with Crippen molar-refractivity contribution in [2.45, 2.75) is 13.5 Å². The van der Waals surface area contributed by atoms with Crippen molar-refractivity contribution in [1.82, 2.24) is 9.97 Å². The summed E-state index contributed by atoms with van der Waals surface area (Å²) in [6.07, 6.45) is 1.62. The lowest BCUT2D eigenvalue weighted by Gasteiger charge is -2.13. The zero-order valence-corrected chi connectivity index (χ0v) is 10.6. The molecule has 0 bridgehead atoms. The number of hydrogen-bond acceptors (Lipinski definition) is 6. The third-order valence-corrected chi connectivity index (χ3v) is 3.90. The average Bonchev–Trinajstić information content (AvgIpc) is 2.86. The maximum Gasteiger partial charge on any atom is 0.186 e. The van der Waals surface area contributed by atoms with E-state index in [0.29, 0.717) is 11.4 Å². The summed E-state index contributed by atoms with van der Waals surface area (Å²) < 4.78 is 0. The van der Waals surface area contributed by atoms with Crippen LogP contribution in [0.25, 0.3) is 0 Å². The number of anilines is 1. The predicted molar refractivity (Wildman–Crippen MR) is 66.3 cm³/mol. The van der Waals surface area contributed by atoms with Gasteiger partial charge >= 0.3 is 0 Å². The number of Topliss-reactive ketones (excluding diaryl/α,β-unsaturated/α-hetero) is 1. The van der Waals surface area contributed by atoms with E-state index in [-0.39, 0.29) is 5.78 Å². The van der Waals surface area contributed by atoms with Gasteiger partial charge in [0.2, 0.25) is 0 Å². The molecule has 2 rings (SSSR count). The Hall–Kier alpha value is -1.27. The highest BCUT2D eigenvalue weighted by molar-refractivity contribution is 7.17. The summed E-state index contributed by atoms with van der Waals surface area (Å²) in [5.41, 5.74) is 2.83. The maximum atomic E-state index is 11.1. The maximum absolute atomic E-state index is 11.1. The molecular weight excluding hydrogens is 242 g/mol. The molecule has 0 radical (unpaired) electrons. The molecule has 84 valence electrons. The Morgan fingerprint density at radius 3 is 2.88 bits per heavy atom. The smallest absolute Gasteiger partial charge is 0.186 e. The second kappa shape index (κ2) is 4.71. The van der Waals surface area contributed by atoms with E-state index in [2.05, 4.69) is 9.97 Å². The van der Waals surface area contributed by atoms with Crippen LogP contribution in [0.5, 0.6) is 0 Å². The van der Waals surface area contributed by atoms with E-state index in [1.807, 2.05) is 22.8 Å². The van der Waals surface area contributed by atoms with Crippen molar-refractivity contribution in [3.63, 3.8) is 0 Å².